The van der Waals surface area contributed by atoms with Crippen molar-refractivity contribution in [1.82, 2.24) is 21.3 Å². The van der Waals surface area contributed by atoms with E-state index in [-0.39, 0.29) is 12.1 Å². The number of nitrogens with one attached hydrogen (secondary N) is 4. The van der Waals surface area contributed by atoms with Crippen molar-refractivity contribution in [3.05, 3.63) is 85.0 Å². The molecule has 7 nitrogen and oxygen atoms in total. The average molecular weight is 610 g/mol. The smallest absolute Gasteiger partial charge is 0.0651 e. The summed E-state index contributed by atoms with van der Waals surface area (Å²) in [4.78, 5) is 0. The first-order valence-corrected chi connectivity index (χ1v) is 16.9. The highest BCUT2D eigenvalue weighted by atomic mass is 15.0. The summed E-state index contributed by atoms with van der Waals surface area (Å²) in [5.74, 6) is 1.18. The fourth-order valence-electron chi connectivity index (χ4n) is 5.38. The number of hydrogen-bond acceptors (Lipinski definition) is 7. The summed E-state index contributed by atoms with van der Waals surface area (Å²) >= 11 is 0. The van der Waals surface area contributed by atoms with Gasteiger partial charge in [-0.25, -0.2) is 0 Å². The predicted molar refractivity (Wildman–Crippen MR) is 193 cm³/mol. The Balaban J connectivity index is 2.46. The minimum atomic E-state index is -0.0736. The Labute approximate surface area is 270 Å². The number of rotatable bonds is 27. The second-order valence-electron chi connectivity index (χ2n) is 13.0. The van der Waals surface area contributed by atoms with E-state index < -0.39 is 0 Å². The van der Waals surface area contributed by atoms with Gasteiger partial charge in [0.15, 0.2) is 0 Å². The van der Waals surface area contributed by atoms with E-state index in [2.05, 4.69) is 106 Å². The van der Waals surface area contributed by atoms with Crippen LogP contribution >= 0.6 is 0 Å². The molecule has 0 fully saturated rings. The lowest BCUT2D eigenvalue weighted by atomic mass is 9.96. The third-order valence-electron chi connectivity index (χ3n) is 8.30. The number of benzene rings is 1. The van der Waals surface area contributed by atoms with Crippen molar-refractivity contribution in [2.24, 2.45) is 35.0 Å². The van der Waals surface area contributed by atoms with Crippen LogP contribution in [0.15, 0.2) is 79.4 Å². The zero-order chi connectivity index (χ0) is 32.9. The molecule has 0 saturated carbocycles. The third kappa shape index (κ3) is 16.9. The standard InChI is InChI=1S/C37H67N7/c1-27(2)24-36(40)32(7)44-37(20-15-22-39)33(8)43-29(4)16-12-13-23-41-31(6)35(19-14-21-38)26-42-30(5)28(3)25-34-17-10-9-11-18-34/h9-11,17-18,27-29,35-37,41-44H,5-8,12-16,19-26,38-40H2,1-4H3. The summed E-state index contributed by atoms with van der Waals surface area (Å²) in [5, 5.41) is 14.4. The van der Waals surface area contributed by atoms with Crippen LogP contribution in [0, 0.1) is 17.8 Å². The summed E-state index contributed by atoms with van der Waals surface area (Å²) in [7, 11) is 0. The molecule has 7 heteroatoms. The Morgan fingerprint density at radius 2 is 1.39 bits per heavy atom. The second-order valence-corrected chi connectivity index (χ2v) is 13.0. The Bertz CT molecular complexity index is 958. The van der Waals surface area contributed by atoms with E-state index >= 15 is 0 Å². The molecule has 1 aromatic rings. The van der Waals surface area contributed by atoms with Crippen molar-refractivity contribution < 1.29 is 0 Å². The summed E-state index contributed by atoms with van der Waals surface area (Å²) in [6.07, 6.45) is 8.91. The minimum absolute atomic E-state index is 0.0631. The molecular formula is C37H67N7. The Kier molecular flexibility index (Phi) is 20.3. The van der Waals surface area contributed by atoms with E-state index in [0.717, 1.165) is 93.7 Å². The highest BCUT2D eigenvalue weighted by Gasteiger charge is 2.18. The quantitative estimate of drug-likeness (QED) is 0.0641. The molecule has 250 valence electrons. The van der Waals surface area contributed by atoms with Gasteiger partial charge in [-0.2, -0.15) is 0 Å². The van der Waals surface area contributed by atoms with Crippen LogP contribution in [-0.4, -0.2) is 44.3 Å². The molecule has 0 aliphatic rings. The monoisotopic (exact) mass is 610 g/mol. The van der Waals surface area contributed by atoms with Gasteiger partial charge >= 0.3 is 0 Å². The van der Waals surface area contributed by atoms with Crippen LogP contribution in [0.3, 0.4) is 0 Å². The summed E-state index contributed by atoms with van der Waals surface area (Å²) in [6, 6.07) is 10.9. The molecule has 0 amide bonds. The van der Waals surface area contributed by atoms with Gasteiger partial charge in [0.1, 0.15) is 0 Å². The van der Waals surface area contributed by atoms with Gasteiger partial charge in [-0.3, -0.25) is 0 Å². The number of hydrogen-bond donors (Lipinski definition) is 7. The van der Waals surface area contributed by atoms with E-state index in [1.165, 1.54) is 5.56 Å². The van der Waals surface area contributed by atoms with E-state index in [9.17, 15) is 0 Å². The first-order chi connectivity index (χ1) is 21.0. The Morgan fingerprint density at radius 3 is 2.02 bits per heavy atom. The SMILES string of the molecule is C=C(NCC(CCCN)C(=C)NCCCCC(C)NC(=C)C(CCCN)NC(=C)C(N)CC(C)C)C(C)Cc1ccccc1. The molecular weight excluding hydrogens is 542 g/mol. The van der Waals surface area contributed by atoms with Crippen LogP contribution < -0.4 is 38.5 Å². The van der Waals surface area contributed by atoms with Crippen molar-refractivity contribution >= 4 is 0 Å². The third-order valence-corrected chi connectivity index (χ3v) is 8.30. The van der Waals surface area contributed by atoms with Gasteiger partial charge in [0.2, 0.25) is 0 Å². The molecule has 0 heterocycles. The van der Waals surface area contributed by atoms with E-state index in [0.29, 0.717) is 36.9 Å². The highest BCUT2D eigenvalue weighted by molar-refractivity contribution is 5.17. The lowest BCUT2D eigenvalue weighted by molar-refractivity contribution is 0.448. The normalized spacial score (nSPS) is 14.6. The van der Waals surface area contributed by atoms with E-state index in [1.807, 2.05) is 0 Å². The van der Waals surface area contributed by atoms with Crippen LogP contribution in [0.1, 0.15) is 84.6 Å². The van der Waals surface area contributed by atoms with Crippen molar-refractivity contribution in [3.63, 3.8) is 0 Å². The summed E-state index contributed by atoms with van der Waals surface area (Å²) in [6.45, 7) is 29.1. The first-order valence-electron chi connectivity index (χ1n) is 16.9. The van der Waals surface area contributed by atoms with Crippen molar-refractivity contribution in [3.8, 4) is 0 Å². The van der Waals surface area contributed by atoms with Crippen LogP contribution in [0.2, 0.25) is 0 Å². The number of unbranched alkanes of at least 4 members (excludes halogenated alkanes) is 1. The molecule has 0 radical (unpaired) electrons. The maximum Gasteiger partial charge on any atom is 0.0651 e. The van der Waals surface area contributed by atoms with Gasteiger partial charge in [-0.05, 0) is 95.2 Å². The van der Waals surface area contributed by atoms with Gasteiger partial charge in [-0.1, -0.05) is 77.4 Å². The predicted octanol–water partition coefficient (Wildman–Crippen LogP) is 5.67. The van der Waals surface area contributed by atoms with E-state index in [4.69, 9.17) is 17.2 Å². The molecule has 1 aromatic carbocycles. The molecule has 1 rings (SSSR count). The maximum atomic E-state index is 6.36. The molecule has 5 atom stereocenters. The van der Waals surface area contributed by atoms with Crippen LogP contribution in [0.4, 0.5) is 0 Å². The molecule has 0 aliphatic heterocycles. The highest BCUT2D eigenvalue weighted by Crippen LogP contribution is 2.18. The van der Waals surface area contributed by atoms with Gasteiger partial charge in [-0.15, -0.1) is 0 Å². The van der Waals surface area contributed by atoms with Gasteiger partial charge in [0, 0.05) is 53.9 Å². The summed E-state index contributed by atoms with van der Waals surface area (Å²) in [5.41, 5.74) is 23.4. The molecule has 0 bridgehead atoms. The zero-order valence-electron chi connectivity index (χ0n) is 28.6. The fraction of sp³-hybridized carbons (Fsp3) is 0.622. The van der Waals surface area contributed by atoms with E-state index in [1.54, 1.807) is 0 Å². The number of allylic oxidation sites excluding steroid dienone is 1. The zero-order valence-corrected chi connectivity index (χ0v) is 28.6. The number of nitrogens with two attached hydrogens (primary N) is 3. The first kappa shape index (κ1) is 39.3. The van der Waals surface area contributed by atoms with Crippen molar-refractivity contribution in [2.45, 2.75) is 104 Å². The molecule has 0 saturated heterocycles. The van der Waals surface area contributed by atoms with Crippen LogP contribution in [-0.2, 0) is 6.42 Å². The van der Waals surface area contributed by atoms with Crippen molar-refractivity contribution in [1.29, 1.82) is 0 Å². The van der Waals surface area contributed by atoms with Crippen LogP contribution in [0.25, 0.3) is 0 Å². The Morgan fingerprint density at radius 1 is 0.727 bits per heavy atom. The molecule has 5 unspecified atom stereocenters. The van der Waals surface area contributed by atoms with Gasteiger partial charge < -0.3 is 38.5 Å². The molecule has 10 N–H and O–H groups in total. The molecule has 0 spiro atoms. The van der Waals surface area contributed by atoms with Crippen molar-refractivity contribution in [2.75, 3.05) is 26.2 Å². The fourth-order valence-corrected chi connectivity index (χ4v) is 5.38. The minimum Gasteiger partial charge on any atom is -0.389 e. The molecule has 0 aromatic heterocycles. The van der Waals surface area contributed by atoms with Gasteiger partial charge in [0.25, 0.3) is 0 Å². The topological polar surface area (TPSA) is 126 Å². The lowest BCUT2D eigenvalue weighted by Gasteiger charge is -2.29. The largest absolute Gasteiger partial charge is 0.389 e. The summed E-state index contributed by atoms with van der Waals surface area (Å²) < 4.78 is 0. The average Bonchev–Trinajstić information content (AvgIpc) is 2.98. The Hall–Kier alpha value is -2.74. The van der Waals surface area contributed by atoms with Gasteiger partial charge in [0.05, 0.1) is 6.04 Å². The van der Waals surface area contributed by atoms with Crippen LogP contribution in [0.5, 0.6) is 0 Å². The lowest BCUT2D eigenvalue weighted by Crippen LogP contribution is -2.43. The second kappa shape index (κ2) is 22.7. The molecule has 44 heavy (non-hydrogen) atoms. The maximum absolute atomic E-state index is 6.36. The molecule has 0 aliphatic carbocycles.